The number of nitrogens with one attached hydrogen (secondary N) is 2. The van der Waals surface area contributed by atoms with Gasteiger partial charge in [-0.05, 0) is 78.7 Å². The Morgan fingerprint density at radius 1 is 1.03 bits per heavy atom. The van der Waals surface area contributed by atoms with Crippen molar-refractivity contribution < 1.29 is 9.59 Å². The topological polar surface area (TPSA) is 100 Å². The molecular weight excluding hydrogens is 482 g/mol. The van der Waals surface area contributed by atoms with Gasteiger partial charge in [-0.25, -0.2) is 4.98 Å². The number of nitrogens with zero attached hydrogens (tertiary/aromatic N) is 2. The van der Waals surface area contributed by atoms with Gasteiger partial charge in [-0.15, -0.1) is 11.3 Å². The van der Waals surface area contributed by atoms with Gasteiger partial charge in [0.2, 0.25) is 0 Å². The zero-order valence-corrected chi connectivity index (χ0v) is 20.8. The van der Waals surface area contributed by atoms with E-state index in [1.54, 1.807) is 24.4 Å². The first kappa shape index (κ1) is 26.1. The fourth-order valence-electron chi connectivity index (χ4n) is 4.24. The molecule has 190 valence electrons. The van der Waals surface area contributed by atoms with E-state index in [0.717, 1.165) is 41.2 Å². The van der Waals surface area contributed by atoms with E-state index >= 15 is 0 Å². The van der Waals surface area contributed by atoms with Gasteiger partial charge in [-0.2, -0.15) is 0 Å². The van der Waals surface area contributed by atoms with Crippen molar-refractivity contribution in [3.05, 3.63) is 100 Å². The predicted octanol–water partition coefficient (Wildman–Crippen LogP) is 5.20. The van der Waals surface area contributed by atoms with E-state index in [1.807, 2.05) is 36.4 Å². The molecule has 7 nitrogen and oxygen atoms in total. The highest BCUT2D eigenvalue weighted by molar-refractivity contribution is 7.17. The Bertz CT molecular complexity index is 1410. The second kappa shape index (κ2) is 11.4. The number of hydrogen-bond donors (Lipinski definition) is 3. The van der Waals surface area contributed by atoms with Crippen molar-refractivity contribution in [1.82, 2.24) is 15.2 Å². The van der Waals surface area contributed by atoms with Gasteiger partial charge in [-0.3, -0.25) is 9.59 Å². The average Bonchev–Trinajstić information content (AvgIpc) is 3.38. The van der Waals surface area contributed by atoms with Crippen molar-refractivity contribution in [2.75, 3.05) is 24.6 Å². The summed E-state index contributed by atoms with van der Waals surface area (Å²) in [6.45, 7) is 2.26. The standard InChI is InChI=1S/C28H27N5O2S.CH4/c1-33-12-11-19-5-7-23(14-22(19)17-33)32-27(34)20-4-2-3-18(13-20)15-31-28(35)25-9-8-24(36-25)21-6-10-26(29)30-16-21;/h2-10,13-14,16H,11-12,15,17H2,1H3,(H2,29,30)(H,31,35)(H,32,34);1H4. The molecule has 1 aliphatic rings. The molecule has 37 heavy (non-hydrogen) atoms. The number of thiophene rings is 1. The highest BCUT2D eigenvalue weighted by Crippen LogP contribution is 2.28. The lowest BCUT2D eigenvalue weighted by Crippen LogP contribution is -2.26. The Balaban J connectivity index is 0.00000320. The van der Waals surface area contributed by atoms with Crippen LogP contribution in [-0.4, -0.2) is 35.3 Å². The molecule has 4 N–H and O–H groups in total. The maximum absolute atomic E-state index is 12.9. The third-order valence-electron chi connectivity index (χ3n) is 6.21. The molecule has 0 radical (unpaired) electrons. The molecule has 0 unspecified atom stereocenters. The summed E-state index contributed by atoms with van der Waals surface area (Å²) in [4.78, 5) is 33.5. The number of anilines is 2. The molecular formula is C29H31N5O2S. The van der Waals surface area contributed by atoms with Crippen LogP contribution in [0.2, 0.25) is 0 Å². The molecule has 0 saturated heterocycles. The lowest BCUT2D eigenvalue weighted by molar-refractivity contribution is 0.0954. The maximum atomic E-state index is 12.9. The quantitative estimate of drug-likeness (QED) is 0.329. The molecule has 0 saturated carbocycles. The summed E-state index contributed by atoms with van der Waals surface area (Å²) in [6.07, 6.45) is 2.72. The average molecular weight is 514 g/mol. The molecule has 2 amide bonds. The normalized spacial score (nSPS) is 12.8. The minimum atomic E-state index is -0.174. The van der Waals surface area contributed by atoms with Crippen molar-refractivity contribution >= 4 is 34.7 Å². The molecule has 0 atom stereocenters. The third kappa shape index (κ3) is 6.22. The zero-order valence-electron chi connectivity index (χ0n) is 20.0. The van der Waals surface area contributed by atoms with Crippen LogP contribution in [0.15, 0.2) is 72.9 Å². The van der Waals surface area contributed by atoms with Gasteiger partial charge in [0.15, 0.2) is 0 Å². The van der Waals surface area contributed by atoms with Crippen LogP contribution >= 0.6 is 11.3 Å². The Labute approximate surface area is 221 Å². The zero-order chi connectivity index (χ0) is 25.1. The SMILES string of the molecule is C.CN1CCc2ccc(NC(=O)c3cccc(CNC(=O)c4ccc(-c5ccc(N)nc5)s4)c3)cc2C1. The van der Waals surface area contributed by atoms with Crippen LogP contribution in [-0.2, 0) is 19.5 Å². The van der Waals surface area contributed by atoms with E-state index in [9.17, 15) is 9.59 Å². The predicted molar refractivity (Wildman–Crippen MR) is 151 cm³/mol. The summed E-state index contributed by atoms with van der Waals surface area (Å²) in [6, 6.07) is 20.7. The second-order valence-electron chi connectivity index (χ2n) is 8.94. The number of carbonyl (C=O) groups is 2. The summed E-state index contributed by atoms with van der Waals surface area (Å²) < 4.78 is 0. The second-order valence-corrected chi connectivity index (χ2v) is 10.0. The summed E-state index contributed by atoms with van der Waals surface area (Å²) in [5.74, 6) is 0.121. The molecule has 0 bridgehead atoms. The van der Waals surface area contributed by atoms with Crippen LogP contribution in [0.25, 0.3) is 10.4 Å². The van der Waals surface area contributed by atoms with Gasteiger partial charge < -0.3 is 21.3 Å². The van der Waals surface area contributed by atoms with Crippen LogP contribution in [0, 0.1) is 0 Å². The van der Waals surface area contributed by atoms with Gasteiger partial charge >= 0.3 is 0 Å². The molecule has 0 spiro atoms. The van der Waals surface area contributed by atoms with Crippen molar-refractivity contribution in [3.8, 4) is 10.4 Å². The first-order valence-corrected chi connectivity index (χ1v) is 12.6. The first-order chi connectivity index (χ1) is 17.4. The summed E-state index contributed by atoms with van der Waals surface area (Å²) in [7, 11) is 2.10. The molecule has 2 aromatic heterocycles. The third-order valence-corrected chi connectivity index (χ3v) is 7.34. The molecule has 0 aliphatic carbocycles. The fraction of sp³-hybridized carbons (Fsp3) is 0.207. The van der Waals surface area contributed by atoms with Gasteiger partial charge in [0.1, 0.15) is 5.82 Å². The smallest absolute Gasteiger partial charge is 0.261 e. The number of rotatable bonds is 6. The highest BCUT2D eigenvalue weighted by Gasteiger charge is 2.15. The minimum Gasteiger partial charge on any atom is -0.384 e. The van der Waals surface area contributed by atoms with Crippen molar-refractivity contribution in [2.45, 2.75) is 26.9 Å². The van der Waals surface area contributed by atoms with E-state index in [2.05, 4.69) is 39.7 Å². The molecule has 1 aliphatic heterocycles. The number of hydrogen-bond acceptors (Lipinski definition) is 6. The van der Waals surface area contributed by atoms with Crippen LogP contribution in [0.3, 0.4) is 0 Å². The van der Waals surface area contributed by atoms with Crippen molar-refractivity contribution in [1.29, 1.82) is 0 Å². The van der Waals surface area contributed by atoms with E-state index in [1.165, 1.54) is 22.5 Å². The lowest BCUT2D eigenvalue weighted by Gasteiger charge is -2.25. The van der Waals surface area contributed by atoms with Crippen molar-refractivity contribution in [3.63, 3.8) is 0 Å². The molecule has 0 fully saturated rings. The van der Waals surface area contributed by atoms with Gasteiger partial charge in [0.05, 0.1) is 4.88 Å². The van der Waals surface area contributed by atoms with E-state index in [-0.39, 0.29) is 19.2 Å². The van der Waals surface area contributed by atoms with E-state index in [0.29, 0.717) is 22.8 Å². The van der Waals surface area contributed by atoms with Crippen LogP contribution in [0.5, 0.6) is 0 Å². The maximum Gasteiger partial charge on any atom is 0.261 e. The molecule has 2 aromatic carbocycles. The fourth-order valence-corrected chi connectivity index (χ4v) is 5.15. The number of pyridine rings is 1. The number of benzene rings is 2. The number of nitrogen functional groups attached to an aromatic ring is 1. The van der Waals surface area contributed by atoms with Crippen LogP contribution < -0.4 is 16.4 Å². The Kier molecular flexibility index (Phi) is 8.01. The number of amides is 2. The monoisotopic (exact) mass is 513 g/mol. The number of likely N-dealkylation sites (N-methyl/N-ethyl adjacent to an activating group) is 1. The number of carbonyl (C=O) groups excluding carboxylic acids is 2. The van der Waals surface area contributed by atoms with Gasteiger partial charge in [0.25, 0.3) is 11.8 Å². The molecule has 4 aromatic rings. The van der Waals surface area contributed by atoms with E-state index in [4.69, 9.17) is 5.73 Å². The number of nitrogens with two attached hydrogens (primary N) is 1. The van der Waals surface area contributed by atoms with E-state index < -0.39 is 0 Å². The lowest BCUT2D eigenvalue weighted by atomic mass is 9.99. The Morgan fingerprint density at radius 3 is 2.70 bits per heavy atom. The summed E-state index contributed by atoms with van der Waals surface area (Å²) in [5.41, 5.74) is 11.3. The van der Waals surface area contributed by atoms with Crippen LogP contribution in [0.1, 0.15) is 44.1 Å². The highest BCUT2D eigenvalue weighted by atomic mass is 32.1. The molecule has 3 heterocycles. The summed E-state index contributed by atoms with van der Waals surface area (Å²) >= 11 is 1.39. The Morgan fingerprint density at radius 2 is 1.89 bits per heavy atom. The van der Waals surface area contributed by atoms with Gasteiger partial charge in [0, 0.05) is 47.5 Å². The van der Waals surface area contributed by atoms with Crippen LogP contribution in [0.4, 0.5) is 11.5 Å². The molecule has 5 rings (SSSR count). The number of aromatic nitrogens is 1. The molecule has 8 heteroatoms. The Hall–Kier alpha value is -4.01. The first-order valence-electron chi connectivity index (χ1n) is 11.8. The summed E-state index contributed by atoms with van der Waals surface area (Å²) in [5, 5.41) is 5.95. The largest absolute Gasteiger partial charge is 0.384 e. The van der Waals surface area contributed by atoms with Gasteiger partial charge in [-0.1, -0.05) is 25.6 Å². The number of fused-ring (bicyclic) bond motifs is 1. The van der Waals surface area contributed by atoms with Crippen molar-refractivity contribution in [2.24, 2.45) is 0 Å². The minimum absolute atomic E-state index is 0.